The standard InChI is InChI=1S/C14H20N2O3S/c1-10-3-5-12(6-4-10)20(18,19)16-8-7-15-14(17)13-9-11(13)2/h3-6,11,13,16H,7-9H2,1-2H3,(H,15,17)/t11-,13+/m0/s1. The van der Waals surface area contributed by atoms with Crippen LogP contribution in [-0.4, -0.2) is 27.4 Å². The van der Waals surface area contributed by atoms with Crippen LogP contribution in [0.4, 0.5) is 0 Å². The summed E-state index contributed by atoms with van der Waals surface area (Å²) in [6, 6.07) is 6.65. The predicted molar refractivity (Wildman–Crippen MR) is 76.6 cm³/mol. The number of amides is 1. The largest absolute Gasteiger partial charge is 0.355 e. The number of carbonyl (C=O) groups excluding carboxylic acids is 1. The number of aryl methyl sites for hydroxylation is 1. The van der Waals surface area contributed by atoms with Crippen molar-refractivity contribution in [2.24, 2.45) is 11.8 Å². The number of benzene rings is 1. The molecule has 0 aromatic heterocycles. The molecule has 110 valence electrons. The highest BCUT2D eigenvalue weighted by Gasteiger charge is 2.38. The summed E-state index contributed by atoms with van der Waals surface area (Å²) < 4.78 is 26.4. The van der Waals surface area contributed by atoms with Crippen molar-refractivity contribution in [1.82, 2.24) is 10.0 Å². The van der Waals surface area contributed by atoms with Crippen LogP contribution in [0.15, 0.2) is 29.2 Å². The van der Waals surface area contributed by atoms with E-state index >= 15 is 0 Å². The lowest BCUT2D eigenvalue weighted by Gasteiger charge is -2.08. The Hall–Kier alpha value is -1.40. The highest BCUT2D eigenvalue weighted by Crippen LogP contribution is 2.37. The van der Waals surface area contributed by atoms with Gasteiger partial charge in [0.05, 0.1) is 4.90 Å². The van der Waals surface area contributed by atoms with Gasteiger partial charge in [0, 0.05) is 19.0 Å². The lowest BCUT2D eigenvalue weighted by atomic mass is 10.2. The zero-order valence-corrected chi connectivity index (χ0v) is 12.5. The number of hydrogen-bond acceptors (Lipinski definition) is 3. The molecule has 1 aromatic carbocycles. The van der Waals surface area contributed by atoms with Crippen molar-refractivity contribution in [1.29, 1.82) is 0 Å². The number of rotatable bonds is 6. The molecule has 2 rings (SSSR count). The third-order valence-electron chi connectivity index (χ3n) is 3.49. The molecule has 5 nitrogen and oxygen atoms in total. The Morgan fingerprint density at radius 2 is 1.85 bits per heavy atom. The fourth-order valence-corrected chi connectivity index (χ4v) is 3.02. The van der Waals surface area contributed by atoms with Gasteiger partial charge in [-0.2, -0.15) is 0 Å². The van der Waals surface area contributed by atoms with E-state index in [2.05, 4.69) is 10.0 Å². The van der Waals surface area contributed by atoms with E-state index in [1.165, 1.54) is 0 Å². The van der Waals surface area contributed by atoms with E-state index in [1.54, 1.807) is 24.3 Å². The molecule has 1 aliphatic rings. The van der Waals surface area contributed by atoms with Gasteiger partial charge in [-0.1, -0.05) is 24.6 Å². The number of hydrogen-bond donors (Lipinski definition) is 2. The first-order chi connectivity index (χ1) is 9.40. The minimum absolute atomic E-state index is 0.0204. The fourth-order valence-electron chi connectivity index (χ4n) is 1.99. The van der Waals surface area contributed by atoms with Gasteiger partial charge in [0.2, 0.25) is 15.9 Å². The Balaban J connectivity index is 1.78. The molecule has 1 aromatic rings. The van der Waals surface area contributed by atoms with E-state index in [1.807, 2.05) is 13.8 Å². The summed E-state index contributed by atoms with van der Waals surface area (Å²) in [7, 11) is -3.49. The smallest absolute Gasteiger partial charge is 0.240 e. The molecular weight excluding hydrogens is 276 g/mol. The molecular formula is C14H20N2O3S. The minimum atomic E-state index is -3.49. The van der Waals surface area contributed by atoms with Crippen LogP contribution in [0.1, 0.15) is 18.9 Å². The maximum Gasteiger partial charge on any atom is 0.240 e. The first kappa shape index (κ1) is 15.0. The van der Waals surface area contributed by atoms with E-state index < -0.39 is 10.0 Å². The number of nitrogens with one attached hydrogen (secondary N) is 2. The second-order valence-corrected chi connectivity index (χ2v) is 7.09. The molecule has 1 saturated carbocycles. The summed E-state index contributed by atoms with van der Waals surface area (Å²) >= 11 is 0. The van der Waals surface area contributed by atoms with Crippen molar-refractivity contribution in [2.45, 2.75) is 25.2 Å². The van der Waals surface area contributed by atoms with Crippen LogP contribution in [-0.2, 0) is 14.8 Å². The van der Waals surface area contributed by atoms with Crippen LogP contribution >= 0.6 is 0 Å². The predicted octanol–water partition coefficient (Wildman–Crippen LogP) is 1.05. The third kappa shape index (κ3) is 3.80. The monoisotopic (exact) mass is 296 g/mol. The molecule has 1 aliphatic carbocycles. The molecule has 0 radical (unpaired) electrons. The van der Waals surface area contributed by atoms with Crippen LogP contribution in [0, 0.1) is 18.8 Å². The quantitative estimate of drug-likeness (QED) is 0.770. The van der Waals surface area contributed by atoms with Crippen LogP contribution < -0.4 is 10.0 Å². The summed E-state index contributed by atoms with van der Waals surface area (Å²) in [5.74, 6) is 0.593. The van der Waals surface area contributed by atoms with Gasteiger partial charge in [0.25, 0.3) is 0 Å². The van der Waals surface area contributed by atoms with E-state index in [0.717, 1.165) is 12.0 Å². The number of carbonyl (C=O) groups is 1. The average molecular weight is 296 g/mol. The molecule has 2 atom stereocenters. The van der Waals surface area contributed by atoms with Crippen LogP contribution in [0.3, 0.4) is 0 Å². The molecule has 1 amide bonds. The summed E-state index contributed by atoms with van der Waals surface area (Å²) in [5.41, 5.74) is 1.01. The van der Waals surface area contributed by atoms with Gasteiger partial charge >= 0.3 is 0 Å². The zero-order valence-electron chi connectivity index (χ0n) is 11.7. The Morgan fingerprint density at radius 1 is 1.25 bits per heavy atom. The topological polar surface area (TPSA) is 75.3 Å². The van der Waals surface area contributed by atoms with Crippen LogP contribution in [0.5, 0.6) is 0 Å². The second kappa shape index (κ2) is 5.93. The highest BCUT2D eigenvalue weighted by molar-refractivity contribution is 7.89. The third-order valence-corrected chi connectivity index (χ3v) is 4.97. The summed E-state index contributed by atoms with van der Waals surface area (Å²) in [4.78, 5) is 11.8. The van der Waals surface area contributed by atoms with E-state index in [4.69, 9.17) is 0 Å². The van der Waals surface area contributed by atoms with Crippen LogP contribution in [0.2, 0.25) is 0 Å². The minimum Gasteiger partial charge on any atom is -0.355 e. The molecule has 6 heteroatoms. The Labute approximate surface area is 119 Å². The van der Waals surface area contributed by atoms with E-state index in [0.29, 0.717) is 12.5 Å². The SMILES string of the molecule is Cc1ccc(S(=O)(=O)NCCNC(=O)[C@@H]2C[C@@H]2C)cc1. The molecule has 20 heavy (non-hydrogen) atoms. The molecule has 0 heterocycles. The van der Waals surface area contributed by atoms with Gasteiger partial charge < -0.3 is 5.32 Å². The van der Waals surface area contributed by atoms with Gasteiger partial charge in [-0.25, -0.2) is 13.1 Å². The Kier molecular flexibility index (Phi) is 4.45. The van der Waals surface area contributed by atoms with E-state index in [9.17, 15) is 13.2 Å². The summed E-state index contributed by atoms with van der Waals surface area (Å²) in [6.07, 6.45) is 0.931. The van der Waals surface area contributed by atoms with Gasteiger partial charge in [-0.3, -0.25) is 4.79 Å². The normalized spacial score (nSPS) is 21.5. The Morgan fingerprint density at radius 3 is 2.40 bits per heavy atom. The van der Waals surface area contributed by atoms with Gasteiger partial charge in [-0.15, -0.1) is 0 Å². The fraction of sp³-hybridized carbons (Fsp3) is 0.500. The first-order valence-electron chi connectivity index (χ1n) is 6.74. The Bertz CT molecular complexity index is 581. The molecule has 1 fully saturated rings. The summed E-state index contributed by atoms with van der Waals surface area (Å²) in [5, 5.41) is 2.74. The van der Waals surface area contributed by atoms with Gasteiger partial charge in [0.15, 0.2) is 0 Å². The maximum absolute atomic E-state index is 12.0. The van der Waals surface area contributed by atoms with Gasteiger partial charge in [0.1, 0.15) is 0 Å². The van der Waals surface area contributed by atoms with Crippen molar-refractivity contribution in [3.8, 4) is 0 Å². The zero-order chi connectivity index (χ0) is 14.8. The van der Waals surface area contributed by atoms with E-state index in [-0.39, 0.29) is 23.3 Å². The average Bonchev–Trinajstić information content (AvgIpc) is 3.12. The molecule has 0 aliphatic heterocycles. The number of sulfonamides is 1. The molecule has 0 bridgehead atoms. The molecule has 0 saturated heterocycles. The van der Waals surface area contributed by atoms with Crippen LogP contribution in [0.25, 0.3) is 0 Å². The van der Waals surface area contributed by atoms with Crippen molar-refractivity contribution in [2.75, 3.05) is 13.1 Å². The van der Waals surface area contributed by atoms with Crippen molar-refractivity contribution < 1.29 is 13.2 Å². The maximum atomic E-state index is 12.0. The van der Waals surface area contributed by atoms with Crippen molar-refractivity contribution in [3.63, 3.8) is 0 Å². The molecule has 2 N–H and O–H groups in total. The molecule has 0 unspecified atom stereocenters. The second-order valence-electron chi connectivity index (χ2n) is 5.32. The van der Waals surface area contributed by atoms with Crippen molar-refractivity contribution >= 4 is 15.9 Å². The lowest BCUT2D eigenvalue weighted by molar-refractivity contribution is -0.122. The lowest BCUT2D eigenvalue weighted by Crippen LogP contribution is -2.35. The van der Waals surface area contributed by atoms with Crippen molar-refractivity contribution in [3.05, 3.63) is 29.8 Å². The highest BCUT2D eigenvalue weighted by atomic mass is 32.2. The summed E-state index contributed by atoms with van der Waals surface area (Å²) in [6.45, 7) is 4.44. The first-order valence-corrected chi connectivity index (χ1v) is 8.22. The van der Waals surface area contributed by atoms with Gasteiger partial charge in [-0.05, 0) is 31.4 Å². The molecule has 0 spiro atoms.